The summed E-state index contributed by atoms with van der Waals surface area (Å²) in [4.78, 5) is 7.33. The quantitative estimate of drug-likeness (QED) is 0.928. The second-order valence-corrected chi connectivity index (χ2v) is 7.65. The van der Waals surface area contributed by atoms with Crippen molar-refractivity contribution >= 4 is 23.7 Å². The van der Waals surface area contributed by atoms with E-state index in [0.717, 1.165) is 19.6 Å². The zero-order valence-corrected chi connectivity index (χ0v) is 14.7. The highest BCUT2D eigenvalue weighted by Crippen LogP contribution is 2.28. The van der Waals surface area contributed by atoms with Crippen LogP contribution in [0.5, 0.6) is 0 Å². The van der Waals surface area contributed by atoms with Crippen LogP contribution in [0.4, 0.5) is 0 Å². The minimum absolute atomic E-state index is 0. The van der Waals surface area contributed by atoms with E-state index < -0.39 is 0 Å². The fourth-order valence-electron chi connectivity index (χ4n) is 2.84. The predicted molar refractivity (Wildman–Crippen MR) is 89.7 cm³/mol. The second kappa shape index (κ2) is 7.21. The van der Waals surface area contributed by atoms with Gasteiger partial charge >= 0.3 is 0 Å². The number of nitrogens with two attached hydrogens (primary N) is 1. The zero-order chi connectivity index (χ0) is 14.0. The summed E-state index contributed by atoms with van der Waals surface area (Å²) in [5.74, 6) is 0.708. The van der Waals surface area contributed by atoms with Gasteiger partial charge in [-0.25, -0.2) is 4.98 Å². The van der Waals surface area contributed by atoms with Crippen molar-refractivity contribution in [2.45, 2.75) is 58.5 Å². The summed E-state index contributed by atoms with van der Waals surface area (Å²) in [7, 11) is 0. The van der Waals surface area contributed by atoms with Crippen LogP contribution in [-0.4, -0.2) is 29.0 Å². The Morgan fingerprint density at radius 3 is 2.70 bits per heavy atom. The van der Waals surface area contributed by atoms with E-state index in [-0.39, 0.29) is 17.8 Å². The first kappa shape index (κ1) is 17.9. The van der Waals surface area contributed by atoms with Gasteiger partial charge in [0.2, 0.25) is 0 Å². The van der Waals surface area contributed by atoms with Gasteiger partial charge in [0.1, 0.15) is 0 Å². The van der Waals surface area contributed by atoms with Gasteiger partial charge in [0.25, 0.3) is 0 Å². The molecule has 1 aliphatic rings. The van der Waals surface area contributed by atoms with Crippen LogP contribution in [0.3, 0.4) is 0 Å². The molecular weight excluding hydrogens is 290 g/mol. The summed E-state index contributed by atoms with van der Waals surface area (Å²) in [6.07, 6.45) is 2.59. The smallest absolute Gasteiger partial charge is 0.0982 e. The third-order valence-corrected chi connectivity index (χ3v) is 5.35. The molecule has 1 saturated heterocycles. The Balaban J connectivity index is 0.00000200. The van der Waals surface area contributed by atoms with Gasteiger partial charge in [-0.05, 0) is 25.3 Å². The molecule has 2 heterocycles. The van der Waals surface area contributed by atoms with Crippen LogP contribution in [0, 0.1) is 5.92 Å². The second-order valence-electron chi connectivity index (χ2n) is 6.79. The predicted octanol–water partition coefficient (Wildman–Crippen LogP) is 3.42. The molecule has 0 saturated carbocycles. The number of hydrogen-bond donors (Lipinski definition) is 1. The van der Waals surface area contributed by atoms with Gasteiger partial charge in [0, 0.05) is 29.9 Å². The van der Waals surface area contributed by atoms with E-state index in [9.17, 15) is 0 Å². The fraction of sp³-hybridized carbons (Fsp3) is 0.800. The molecule has 0 bridgehead atoms. The molecule has 0 aliphatic carbocycles. The third-order valence-electron chi connectivity index (χ3n) is 4.03. The van der Waals surface area contributed by atoms with Crippen molar-refractivity contribution in [3.05, 3.63) is 16.1 Å². The topological polar surface area (TPSA) is 42.2 Å². The highest BCUT2D eigenvalue weighted by atomic mass is 35.5. The Labute approximate surface area is 133 Å². The summed E-state index contributed by atoms with van der Waals surface area (Å²) in [6.45, 7) is 11.9. The first-order valence-corrected chi connectivity index (χ1v) is 8.19. The lowest BCUT2D eigenvalue weighted by molar-refractivity contribution is 0.0979. The summed E-state index contributed by atoms with van der Waals surface area (Å²) in [6, 6.07) is 0.522. The van der Waals surface area contributed by atoms with Gasteiger partial charge in [-0.1, -0.05) is 27.7 Å². The number of thiazole rings is 1. The average molecular weight is 318 g/mol. The third kappa shape index (κ3) is 4.17. The number of hydrogen-bond acceptors (Lipinski definition) is 4. The van der Waals surface area contributed by atoms with Crippen LogP contribution >= 0.6 is 23.7 Å². The summed E-state index contributed by atoms with van der Waals surface area (Å²) >= 11 is 1.79. The molecule has 2 N–H and O–H groups in total. The lowest BCUT2D eigenvalue weighted by atomic mass is 9.91. The van der Waals surface area contributed by atoms with Crippen molar-refractivity contribution in [1.29, 1.82) is 0 Å². The summed E-state index contributed by atoms with van der Waals surface area (Å²) in [5, 5.41) is 3.45. The van der Waals surface area contributed by atoms with Crippen molar-refractivity contribution in [1.82, 2.24) is 9.88 Å². The number of nitrogens with zero attached hydrogens (tertiary/aromatic N) is 2. The molecule has 1 fully saturated rings. The van der Waals surface area contributed by atoms with Crippen molar-refractivity contribution in [2.75, 3.05) is 13.1 Å². The van der Waals surface area contributed by atoms with E-state index >= 15 is 0 Å². The van der Waals surface area contributed by atoms with Crippen LogP contribution < -0.4 is 5.73 Å². The molecule has 1 aliphatic heterocycles. The van der Waals surface area contributed by atoms with Gasteiger partial charge in [0.05, 0.1) is 10.7 Å². The number of likely N-dealkylation sites (tertiary alicyclic amines) is 1. The van der Waals surface area contributed by atoms with Gasteiger partial charge in [-0.15, -0.1) is 23.7 Å². The lowest BCUT2D eigenvalue weighted by Crippen LogP contribution is -2.48. The molecule has 3 nitrogen and oxygen atoms in total. The molecule has 0 aromatic carbocycles. The molecule has 2 atom stereocenters. The Morgan fingerprint density at radius 2 is 2.15 bits per heavy atom. The van der Waals surface area contributed by atoms with Crippen LogP contribution in [0.1, 0.15) is 51.2 Å². The molecule has 1 aromatic rings. The molecule has 0 spiro atoms. The van der Waals surface area contributed by atoms with Gasteiger partial charge in [0.15, 0.2) is 0 Å². The van der Waals surface area contributed by atoms with Crippen LogP contribution in [0.2, 0.25) is 0 Å². The van der Waals surface area contributed by atoms with E-state index in [2.05, 4.69) is 38.0 Å². The monoisotopic (exact) mass is 317 g/mol. The Bertz CT molecular complexity index is 413. The maximum atomic E-state index is 5.95. The molecular formula is C15H28ClN3S. The first-order chi connectivity index (χ1) is 8.91. The van der Waals surface area contributed by atoms with E-state index in [0.29, 0.717) is 12.0 Å². The van der Waals surface area contributed by atoms with Crippen molar-refractivity contribution < 1.29 is 0 Å². The highest BCUT2D eigenvalue weighted by Gasteiger charge is 2.28. The van der Waals surface area contributed by atoms with Crippen molar-refractivity contribution in [2.24, 2.45) is 11.7 Å². The maximum Gasteiger partial charge on any atom is 0.0982 e. The maximum absolute atomic E-state index is 5.95. The van der Waals surface area contributed by atoms with Crippen LogP contribution in [0.25, 0.3) is 0 Å². The molecule has 116 valence electrons. The Morgan fingerprint density at radius 1 is 1.45 bits per heavy atom. The molecule has 1 aromatic heterocycles. The lowest BCUT2D eigenvalue weighted by Gasteiger charge is -2.39. The number of aromatic nitrogens is 1. The van der Waals surface area contributed by atoms with E-state index in [1.54, 1.807) is 11.3 Å². The zero-order valence-electron chi connectivity index (χ0n) is 13.1. The number of piperidine rings is 1. The number of halogens is 1. The normalized spacial score (nSPS) is 24.4. The van der Waals surface area contributed by atoms with Crippen molar-refractivity contribution in [3.63, 3.8) is 0 Å². The summed E-state index contributed by atoms with van der Waals surface area (Å²) < 4.78 is 0. The Hall–Kier alpha value is -0.160. The number of rotatable bonds is 3. The molecule has 0 amide bonds. The Kier molecular flexibility index (Phi) is 6.45. The molecule has 5 heteroatoms. The minimum atomic E-state index is 0. The van der Waals surface area contributed by atoms with Gasteiger partial charge < -0.3 is 5.73 Å². The largest absolute Gasteiger partial charge is 0.329 e. The SMILES string of the molecule is CC1CCCN(Cc2csc(C(C)(C)C)n2)C1CN.Cl. The molecule has 20 heavy (non-hydrogen) atoms. The van der Waals surface area contributed by atoms with Crippen LogP contribution in [-0.2, 0) is 12.0 Å². The average Bonchev–Trinajstić information content (AvgIpc) is 2.77. The minimum Gasteiger partial charge on any atom is -0.329 e. The standard InChI is InChI=1S/C15H27N3S.ClH/c1-11-6-5-7-18(13(11)8-16)9-12-10-19-14(17-12)15(2,3)4;/h10-11,13H,5-9,16H2,1-4H3;1H. The van der Waals surface area contributed by atoms with Crippen LogP contribution in [0.15, 0.2) is 5.38 Å². The molecule has 0 radical (unpaired) electrons. The molecule has 2 rings (SSSR count). The fourth-order valence-corrected chi connectivity index (χ4v) is 3.74. The van der Waals surface area contributed by atoms with Gasteiger partial charge in [-0.2, -0.15) is 0 Å². The van der Waals surface area contributed by atoms with E-state index in [1.165, 1.54) is 23.5 Å². The first-order valence-electron chi connectivity index (χ1n) is 7.31. The van der Waals surface area contributed by atoms with E-state index in [1.807, 2.05) is 0 Å². The highest BCUT2D eigenvalue weighted by molar-refractivity contribution is 7.09. The molecule has 2 unspecified atom stereocenters. The van der Waals surface area contributed by atoms with E-state index in [4.69, 9.17) is 10.7 Å². The van der Waals surface area contributed by atoms with Gasteiger partial charge in [-0.3, -0.25) is 4.90 Å². The van der Waals surface area contributed by atoms with Crippen molar-refractivity contribution in [3.8, 4) is 0 Å². The summed E-state index contributed by atoms with van der Waals surface area (Å²) in [5.41, 5.74) is 7.32.